The zero-order valence-corrected chi connectivity index (χ0v) is 15.0. The van der Waals surface area contributed by atoms with Crippen molar-refractivity contribution in [2.75, 3.05) is 20.1 Å². The number of nitrogens with zero attached hydrogens (tertiary/aromatic N) is 2. The average Bonchev–Trinajstić information content (AvgIpc) is 2.13. The van der Waals surface area contributed by atoms with Crippen molar-refractivity contribution in [3.05, 3.63) is 18.4 Å². The van der Waals surface area contributed by atoms with Gasteiger partial charge in [-0.25, -0.2) is 0 Å². The summed E-state index contributed by atoms with van der Waals surface area (Å²) in [6, 6.07) is 0. The van der Waals surface area contributed by atoms with Crippen molar-refractivity contribution < 1.29 is 53.1 Å². The van der Waals surface area contributed by atoms with Gasteiger partial charge in [0.15, 0.2) is 0 Å². The van der Waals surface area contributed by atoms with Crippen LogP contribution in [-0.4, -0.2) is 25.0 Å². The van der Waals surface area contributed by atoms with Crippen LogP contribution in [0, 0.1) is 13.1 Å². The molecule has 0 aromatic carbocycles. The first-order valence-corrected chi connectivity index (χ1v) is 4.41. The van der Waals surface area contributed by atoms with Crippen molar-refractivity contribution >= 4 is 0 Å². The zero-order chi connectivity index (χ0) is 9.11. The molecule has 1 rings (SSSR count). The van der Waals surface area contributed by atoms with Crippen molar-refractivity contribution in [2.45, 2.75) is 27.7 Å². The monoisotopic (exact) mass is 433 g/mol. The molecular formula is C9H21N2ReY-3. The summed E-state index contributed by atoms with van der Waals surface area (Å²) in [5.41, 5.74) is 0. The summed E-state index contributed by atoms with van der Waals surface area (Å²) in [6.45, 7) is 13.9. The summed E-state index contributed by atoms with van der Waals surface area (Å²) in [4.78, 5) is 2.05. The normalized spacial score (nSPS) is 14.5. The van der Waals surface area contributed by atoms with E-state index in [0.29, 0.717) is 0 Å². The summed E-state index contributed by atoms with van der Waals surface area (Å²) in [6.07, 6.45) is 0. The van der Waals surface area contributed by atoms with Crippen LogP contribution in [0.15, 0.2) is 0 Å². The van der Waals surface area contributed by atoms with Gasteiger partial charge in [-0.2, -0.15) is 0 Å². The van der Waals surface area contributed by atoms with Gasteiger partial charge in [-0.05, 0) is 0 Å². The second-order valence-electron chi connectivity index (χ2n) is 1.62. The smallest absolute Gasteiger partial charge is 0 e. The quantitative estimate of drug-likeness (QED) is 0.539. The van der Waals surface area contributed by atoms with Crippen molar-refractivity contribution in [1.82, 2.24) is 4.90 Å². The van der Waals surface area contributed by atoms with E-state index < -0.39 is 0 Å². The Morgan fingerprint density at radius 3 is 1.46 bits per heavy atom. The Bertz CT molecular complexity index is 59.6. The number of hydrogen-bond donors (Lipinski definition) is 0. The average molecular weight is 432 g/mol. The molecule has 0 unspecified atom stereocenters. The molecule has 0 aliphatic carbocycles. The van der Waals surface area contributed by atoms with Crippen molar-refractivity contribution in [3.8, 4) is 0 Å². The minimum atomic E-state index is 0. The largest absolute Gasteiger partial charge is 0.713 e. The maximum atomic E-state index is 4.07. The Hall–Kier alpha value is 1.69. The Labute approximate surface area is 123 Å². The topological polar surface area (TPSA) is 17.3 Å². The molecule has 1 fully saturated rings. The van der Waals surface area contributed by atoms with Crippen LogP contribution in [0.2, 0.25) is 0 Å². The fraction of sp³-hybridized carbons (Fsp3) is 0.778. The molecule has 0 spiro atoms. The van der Waals surface area contributed by atoms with E-state index in [1.54, 1.807) is 0 Å². The van der Waals surface area contributed by atoms with Gasteiger partial charge in [0, 0.05) is 53.1 Å². The first-order chi connectivity index (χ1) is 5.39. The molecule has 2 radical (unpaired) electrons. The third-order valence-corrected chi connectivity index (χ3v) is 0.997. The van der Waals surface area contributed by atoms with E-state index in [4.69, 9.17) is 0 Å². The van der Waals surface area contributed by atoms with Gasteiger partial charge < -0.3 is 23.3 Å². The van der Waals surface area contributed by atoms with Crippen molar-refractivity contribution in [2.24, 2.45) is 0 Å². The third-order valence-electron chi connectivity index (χ3n) is 0.997. The maximum absolute atomic E-state index is 4.07. The van der Waals surface area contributed by atoms with E-state index >= 15 is 0 Å². The number of hydrogen-bond acceptors (Lipinski definition) is 1. The molecule has 0 N–H and O–H groups in total. The SMILES string of the molecule is CC.CC.CN1[CH-]C[N-]C[CH-]1.[Re].[Y]. The first kappa shape index (κ1) is 24.1. The Morgan fingerprint density at radius 1 is 1.00 bits per heavy atom. The van der Waals surface area contributed by atoms with Crippen LogP contribution < -0.4 is 0 Å². The van der Waals surface area contributed by atoms with Gasteiger partial charge in [0.1, 0.15) is 0 Å². The molecule has 1 aliphatic heterocycles. The molecular weight excluding hydrogens is 411 g/mol. The van der Waals surface area contributed by atoms with Crippen LogP contribution in [0.25, 0.3) is 5.32 Å². The van der Waals surface area contributed by atoms with Crippen LogP contribution in [0.5, 0.6) is 0 Å². The predicted molar refractivity (Wildman–Crippen MR) is 52.2 cm³/mol. The minimum absolute atomic E-state index is 0. The molecule has 0 amide bonds. The van der Waals surface area contributed by atoms with Gasteiger partial charge in [0.2, 0.25) is 0 Å². The van der Waals surface area contributed by atoms with Crippen molar-refractivity contribution in [1.29, 1.82) is 0 Å². The molecule has 2 nitrogen and oxygen atoms in total. The standard InChI is InChI=1S/C5H9N2.2C2H6.Re.Y/c1-7-4-2-6-3-5-7;2*1-2;;/h4-5H,2-3H2,1H3;2*1-2H3;;/q-3;;;;. The molecule has 0 aromatic heterocycles. The van der Waals surface area contributed by atoms with E-state index in [-0.39, 0.29) is 53.1 Å². The van der Waals surface area contributed by atoms with Gasteiger partial charge in [0.05, 0.1) is 0 Å². The summed E-state index contributed by atoms with van der Waals surface area (Å²) < 4.78 is 0. The van der Waals surface area contributed by atoms with Gasteiger partial charge >= 0.3 is 0 Å². The van der Waals surface area contributed by atoms with Gasteiger partial charge in [0.25, 0.3) is 0 Å². The number of rotatable bonds is 0. The molecule has 1 heterocycles. The molecule has 80 valence electrons. The summed E-state index contributed by atoms with van der Waals surface area (Å²) in [7, 11) is 2.02. The molecule has 0 atom stereocenters. The van der Waals surface area contributed by atoms with Crippen LogP contribution in [0.1, 0.15) is 27.7 Å². The zero-order valence-electron chi connectivity index (χ0n) is 9.42. The Balaban J connectivity index is -0.0000000607. The van der Waals surface area contributed by atoms with Gasteiger partial charge in [-0.3, -0.25) is 13.1 Å². The molecule has 0 saturated carbocycles. The first-order valence-electron chi connectivity index (χ1n) is 4.41. The summed E-state index contributed by atoms with van der Waals surface area (Å²) in [5, 5.41) is 4.07. The van der Waals surface area contributed by atoms with Crippen molar-refractivity contribution in [3.63, 3.8) is 0 Å². The van der Waals surface area contributed by atoms with E-state index in [1.165, 1.54) is 0 Å². The van der Waals surface area contributed by atoms with E-state index in [1.807, 2.05) is 52.7 Å². The van der Waals surface area contributed by atoms with Crippen LogP contribution in [0.3, 0.4) is 0 Å². The summed E-state index contributed by atoms with van der Waals surface area (Å²) in [5.74, 6) is 0. The molecule has 13 heavy (non-hydrogen) atoms. The third kappa shape index (κ3) is 19.9. The summed E-state index contributed by atoms with van der Waals surface area (Å²) >= 11 is 0. The minimum Gasteiger partial charge on any atom is -0.713 e. The fourth-order valence-corrected chi connectivity index (χ4v) is 0.522. The molecule has 4 heteroatoms. The van der Waals surface area contributed by atoms with E-state index in [0.717, 1.165) is 13.1 Å². The number of likely N-dealkylation sites (N-methyl/N-ethyl adjacent to an activating group) is 1. The van der Waals surface area contributed by atoms with Gasteiger partial charge in [-0.1, -0.05) is 34.7 Å². The molecule has 1 saturated heterocycles. The van der Waals surface area contributed by atoms with E-state index in [2.05, 4.69) is 5.32 Å². The van der Waals surface area contributed by atoms with Crippen LogP contribution in [-0.2, 0) is 53.1 Å². The van der Waals surface area contributed by atoms with Crippen LogP contribution in [0.4, 0.5) is 0 Å². The second-order valence-corrected chi connectivity index (χ2v) is 1.62. The molecule has 1 aliphatic rings. The Kier molecular flexibility index (Phi) is 43.5. The van der Waals surface area contributed by atoms with Gasteiger partial charge in [-0.15, -0.1) is 0 Å². The predicted octanol–water partition coefficient (Wildman–Crippen LogP) is 2.68. The second kappa shape index (κ2) is 23.5. The molecule has 0 aromatic rings. The van der Waals surface area contributed by atoms with Crippen LogP contribution >= 0.6 is 0 Å². The fourth-order valence-electron chi connectivity index (χ4n) is 0.522. The Morgan fingerprint density at radius 2 is 1.31 bits per heavy atom. The maximum Gasteiger partial charge on any atom is 0 e. The van der Waals surface area contributed by atoms with E-state index in [9.17, 15) is 0 Å². The number of piperazine rings is 1. The molecule has 0 bridgehead atoms.